The molecule has 5 heteroatoms. The van der Waals surface area contributed by atoms with E-state index in [1.807, 2.05) is 0 Å². The maximum atomic E-state index is 11.3. The fourth-order valence-corrected chi connectivity index (χ4v) is 0.708. The molecular weight excluding hydrogens is 224 g/mol. The second-order valence-corrected chi connectivity index (χ2v) is 3.85. The molecular formula is C12H18O5. The molecule has 0 aromatic heterocycles. The van der Waals surface area contributed by atoms with E-state index in [1.165, 1.54) is 6.92 Å². The number of rotatable bonds is 7. The molecule has 0 aliphatic heterocycles. The average Bonchev–Trinajstić information content (AvgIpc) is 2.31. The van der Waals surface area contributed by atoms with E-state index in [0.29, 0.717) is 0 Å². The van der Waals surface area contributed by atoms with Gasteiger partial charge in [0.05, 0.1) is 12.2 Å². The molecule has 0 fully saturated rings. The highest BCUT2D eigenvalue weighted by atomic mass is 16.5. The summed E-state index contributed by atoms with van der Waals surface area (Å²) in [6.45, 7) is 9.90. The first-order chi connectivity index (χ1) is 7.88. The number of aliphatic hydroxyl groups is 1. The molecule has 0 amide bonds. The van der Waals surface area contributed by atoms with Crippen LogP contribution in [0.25, 0.3) is 0 Å². The highest BCUT2D eigenvalue weighted by Crippen LogP contribution is 2.02. The van der Waals surface area contributed by atoms with E-state index in [1.54, 1.807) is 6.92 Å². The number of hydrogen-bond donors (Lipinski definition) is 1. The summed E-state index contributed by atoms with van der Waals surface area (Å²) in [5, 5.41) is 8.73. The second kappa shape index (κ2) is 7.62. The Morgan fingerprint density at radius 1 is 1.24 bits per heavy atom. The van der Waals surface area contributed by atoms with Gasteiger partial charge in [-0.05, 0) is 6.92 Å². The first-order valence-corrected chi connectivity index (χ1v) is 5.16. The van der Waals surface area contributed by atoms with E-state index in [4.69, 9.17) is 14.6 Å². The zero-order valence-corrected chi connectivity index (χ0v) is 10.2. The van der Waals surface area contributed by atoms with E-state index in [9.17, 15) is 9.59 Å². The van der Waals surface area contributed by atoms with Gasteiger partial charge in [-0.25, -0.2) is 9.59 Å². The van der Waals surface area contributed by atoms with Crippen molar-refractivity contribution in [1.29, 1.82) is 0 Å². The minimum Gasteiger partial charge on any atom is -0.462 e. The number of hydrogen-bond acceptors (Lipinski definition) is 5. The summed E-state index contributed by atoms with van der Waals surface area (Å²) in [6, 6.07) is 0. The molecule has 5 nitrogen and oxygen atoms in total. The van der Waals surface area contributed by atoms with E-state index in [2.05, 4.69) is 13.2 Å². The van der Waals surface area contributed by atoms with Crippen molar-refractivity contribution in [3.8, 4) is 0 Å². The quantitative estimate of drug-likeness (QED) is 0.529. The molecule has 1 atom stereocenters. The normalized spacial score (nSPS) is 11.5. The molecule has 0 heterocycles. The molecule has 0 aliphatic carbocycles. The lowest BCUT2D eigenvalue weighted by Crippen LogP contribution is -2.18. The Hall–Kier alpha value is -1.62. The molecule has 17 heavy (non-hydrogen) atoms. The Bertz CT molecular complexity index is 319. The van der Waals surface area contributed by atoms with Gasteiger partial charge in [-0.3, -0.25) is 0 Å². The van der Waals surface area contributed by atoms with Crippen LogP contribution >= 0.6 is 0 Å². The average molecular weight is 242 g/mol. The summed E-state index contributed by atoms with van der Waals surface area (Å²) in [5.41, 5.74) is 0.296. The van der Waals surface area contributed by atoms with Gasteiger partial charge < -0.3 is 14.6 Å². The van der Waals surface area contributed by atoms with Crippen LogP contribution in [-0.4, -0.2) is 36.9 Å². The van der Waals surface area contributed by atoms with Gasteiger partial charge in [-0.15, -0.1) is 0 Å². The number of ether oxygens (including phenoxy) is 2. The van der Waals surface area contributed by atoms with Gasteiger partial charge in [-0.2, -0.15) is 0 Å². The summed E-state index contributed by atoms with van der Waals surface area (Å²) < 4.78 is 9.57. The van der Waals surface area contributed by atoms with Gasteiger partial charge >= 0.3 is 11.9 Å². The molecule has 0 radical (unpaired) electrons. The Morgan fingerprint density at radius 2 is 1.82 bits per heavy atom. The van der Waals surface area contributed by atoms with Crippen molar-refractivity contribution in [2.45, 2.75) is 13.8 Å². The van der Waals surface area contributed by atoms with Crippen LogP contribution in [0.3, 0.4) is 0 Å². The highest BCUT2D eigenvalue weighted by molar-refractivity contribution is 5.90. The molecule has 96 valence electrons. The Morgan fingerprint density at radius 3 is 2.29 bits per heavy atom. The standard InChI is InChI=1S/C12H18O5/c1-8(2)11(14)17-7-10(4)12(15)16-6-9(3)5-13/h9,13H,1,4-7H2,2-3H3. The fourth-order valence-electron chi connectivity index (χ4n) is 0.708. The van der Waals surface area contributed by atoms with Crippen LogP contribution in [0.5, 0.6) is 0 Å². The van der Waals surface area contributed by atoms with Gasteiger partial charge in [0.2, 0.25) is 0 Å². The molecule has 0 saturated heterocycles. The molecule has 0 rings (SSSR count). The zero-order chi connectivity index (χ0) is 13.4. The van der Waals surface area contributed by atoms with Gasteiger partial charge in [0, 0.05) is 18.1 Å². The lowest BCUT2D eigenvalue weighted by molar-refractivity contribution is -0.143. The van der Waals surface area contributed by atoms with Gasteiger partial charge in [0.25, 0.3) is 0 Å². The maximum absolute atomic E-state index is 11.3. The predicted octanol–water partition coefficient (Wildman–Crippen LogP) is 0.833. The third kappa shape index (κ3) is 6.52. The van der Waals surface area contributed by atoms with Gasteiger partial charge in [0.1, 0.15) is 6.61 Å². The van der Waals surface area contributed by atoms with E-state index >= 15 is 0 Å². The van der Waals surface area contributed by atoms with E-state index in [0.717, 1.165) is 0 Å². The molecule has 0 spiro atoms. The van der Waals surface area contributed by atoms with Crippen molar-refractivity contribution in [3.63, 3.8) is 0 Å². The van der Waals surface area contributed by atoms with Crippen molar-refractivity contribution in [2.24, 2.45) is 5.92 Å². The van der Waals surface area contributed by atoms with Crippen molar-refractivity contribution >= 4 is 11.9 Å². The SMILES string of the molecule is C=C(C)C(=O)OCC(=C)C(=O)OCC(C)CO. The van der Waals surface area contributed by atoms with Crippen LogP contribution in [0.15, 0.2) is 24.3 Å². The summed E-state index contributed by atoms with van der Waals surface area (Å²) in [5.74, 6) is -1.35. The largest absolute Gasteiger partial charge is 0.462 e. The molecule has 1 unspecified atom stereocenters. The van der Waals surface area contributed by atoms with E-state index in [-0.39, 0.29) is 36.9 Å². The van der Waals surface area contributed by atoms with Crippen LogP contribution < -0.4 is 0 Å². The Balaban J connectivity index is 3.94. The first kappa shape index (κ1) is 15.4. The number of aliphatic hydroxyl groups excluding tert-OH is 1. The number of carbonyl (C=O) groups is 2. The molecule has 0 aromatic rings. The smallest absolute Gasteiger partial charge is 0.336 e. The highest BCUT2D eigenvalue weighted by Gasteiger charge is 2.13. The lowest BCUT2D eigenvalue weighted by atomic mass is 10.2. The zero-order valence-electron chi connectivity index (χ0n) is 10.2. The molecule has 0 aromatic carbocycles. The topological polar surface area (TPSA) is 72.8 Å². The fraction of sp³-hybridized carbons (Fsp3) is 0.500. The van der Waals surface area contributed by atoms with Crippen molar-refractivity contribution in [3.05, 3.63) is 24.3 Å². The second-order valence-electron chi connectivity index (χ2n) is 3.85. The molecule has 1 N–H and O–H groups in total. The maximum Gasteiger partial charge on any atom is 0.336 e. The Labute approximate surface area is 101 Å². The summed E-state index contributed by atoms with van der Waals surface area (Å²) in [4.78, 5) is 22.4. The summed E-state index contributed by atoms with van der Waals surface area (Å²) >= 11 is 0. The Kier molecular flexibility index (Phi) is 6.89. The van der Waals surface area contributed by atoms with Crippen LogP contribution in [0, 0.1) is 5.92 Å². The molecule has 0 bridgehead atoms. The third-order valence-electron chi connectivity index (χ3n) is 1.83. The molecule has 0 aliphatic rings. The van der Waals surface area contributed by atoms with Crippen molar-refractivity contribution in [2.75, 3.05) is 19.8 Å². The third-order valence-corrected chi connectivity index (χ3v) is 1.83. The van der Waals surface area contributed by atoms with Crippen LogP contribution in [-0.2, 0) is 19.1 Å². The minimum absolute atomic E-state index is 0.0461. The number of carbonyl (C=O) groups excluding carboxylic acids is 2. The van der Waals surface area contributed by atoms with Crippen LogP contribution in [0.2, 0.25) is 0 Å². The van der Waals surface area contributed by atoms with Crippen LogP contribution in [0.1, 0.15) is 13.8 Å². The first-order valence-electron chi connectivity index (χ1n) is 5.16. The van der Waals surface area contributed by atoms with Crippen molar-refractivity contribution in [1.82, 2.24) is 0 Å². The van der Waals surface area contributed by atoms with Gasteiger partial charge in [0.15, 0.2) is 0 Å². The minimum atomic E-state index is -0.639. The van der Waals surface area contributed by atoms with Crippen molar-refractivity contribution < 1.29 is 24.2 Å². The van der Waals surface area contributed by atoms with E-state index < -0.39 is 11.9 Å². The number of esters is 2. The monoisotopic (exact) mass is 242 g/mol. The van der Waals surface area contributed by atoms with Gasteiger partial charge in [-0.1, -0.05) is 20.1 Å². The molecule has 0 saturated carbocycles. The predicted molar refractivity (Wildman–Crippen MR) is 62.1 cm³/mol. The van der Waals surface area contributed by atoms with Crippen LogP contribution in [0.4, 0.5) is 0 Å². The summed E-state index contributed by atoms with van der Waals surface area (Å²) in [7, 11) is 0. The lowest BCUT2D eigenvalue weighted by Gasteiger charge is -2.10. The summed E-state index contributed by atoms with van der Waals surface area (Å²) in [6.07, 6.45) is 0.